The van der Waals surface area contributed by atoms with Crippen LogP contribution in [0.5, 0.6) is 11.6 Å². The number of nitro groups is 1. The summed E-state index contributed by atoms with van der Waals surface area (Å²) in [5, 5.41) is 13.4. The second kappa shape index (κ2) is 8.23. The fourth-order valence-electron chi connectivity index (χ4n) is 2.52. The second-order valence-corrected chi connectivity index (χ2v) is 6.01. The smallest absolute Gasteiger partial charge is 0.422 e. The van der Waals surface area contributed by atoms with E-state index < -0.39 is 36.1 Å². The molecule has 0 spiro atoms. The highest BCUT2D eigenvalue weighted by molar-refractivity contribution is 6.05. The van der Waals surface area contributed by atoms with Gasteiger partial charge in [0.2, 0.25) is 11.8 Å². The van der Waals surface area contributed by atoms with Crippen molar-refractivity contribution in [3.8, 4) is 11.6 Å². The van der Waals surface area contributed by atoms with Gasteiger partial charge in [-0.05, 0) is 12.1 Å². The van der Waals surface area contributed by atoms with E-state index in [1.807, 2.05) is 0 Å². The third-order valence-corrected chi connectivity index (χ3v) is 3.80. The van der Waals surface area contributed by atoms with Crippen molar-refractivity contribution in [2.24, 2.45) is 0 Å². The molecule has 2 amide bonds. The predicted octanol–water partition coefficient (Wildman–Crippen LogP) is 2.29. The van der Waals surface area contributed by atoms with Gasteiger partial charge in [0, 0.05) is 18.2 Å². The lowest BCUT2D eigenvalue weighted by molar-refractivity contribution is -0.384. The van der Waals surface area contributed by atoms with Crippen molar-refractivity contribution in [3.63, 3.8) is 0 Å². The van der Waals surface area contributed by atoms with Gasteiger partial charge in [-0.2, -0.15) is 13.2 Å². The molecule has 1 aliphatic heterocycles. The summed E-state index contributed by atoms with van der Waals surface area (Å²) in [6.45, 7) is -2.32. The number of alkyl halides is 3. The highest BCUT2D eigenvalue weighted by atomic mass is 19.4. The number of hydrogen-bond acceptors (Lipinski definition) is 7. The highest BCUT2D eigenvalue weighted by Crippen LogP contribution is 2.35. The van der Waals surface area contributed by atoms with Crippen molar-refractivity contribution in [2.75, 3.05) is 30.0 Å². The van der Waals surface area contributed by atoms with Crippen LogP contribution in [0.4, 0.5) is 30.2 Å². The minimum absolute atomic E-state index is 0.0737. The number of fused-ring (bicyclic) bond motifs is 1. The van der Waals surface area contributed by atoms with Crippen LogP contribution in [0.1, 0.15) is 0 Å². The summed E-state index contributed by atoms with van der Waals surface area (Å²) in [5.41, 5.74) is -0.0555. The first-order chi connectivity index (χ1) is 14.1. The lowest BCUT2D eigenvalue weighted by Crippen LogP contribution is -2.43. The van der Waals surface area contributed by atoms with Gasteiger partial charge < -0.3 is 14.8 Å². The molecule has 0 atom stereocenters. The van der Waals surface area contributed by atoms with Gasteiger partial charge in [0.1, 0.15) is 12.3 Å². The minimum atomic E-state index is -4.51. The molecule has 30 heavy (non-hydrogen) atoms. The maximum atomic E-state index is 12.3. The van der Waals surface area contributed by atoms with E-state index in [0.29, 0.717) is 0 Å². The molecule has 0 saturated carbocycles. The van der Waals surface area contributed by atoms with E-state index in [4.69, 9.17) is 4.74 Å². The Morgan fingerprint density at radius 1 is 1.33 bits per heavy atom. The van der Waals surface area contributed by atoms with Crippen molar-refractivity contribution >= 4 is 28.9 Å². The van der Waals surface area contributed by atoms with E-state index in [1.165, 1.54) is 18.2 Å². The van der Waals surface area contributed by atoms with Crippen LogP contribution in [0.3, 0.4) is 0 Å². The van der Waals surface area contributed by atoms with Gasteiger partial charge in [-0.15, -0.1) is 0 Å². The van der Waals surface area contributed by atoms with Crippen molar-refractivity contribution in [2.45, 2.75) is 6.18 Å². The van der Waals surface area contributed by atoms with E-state index in [2.05, 4.69) is 15.0 Å². The van der Waals surface area contributed by atoms with Gasteiger partial charge >= 0.3 is 6.18 Å². The Labute approximate surface area is 166 Å². The average molecular weight is 426 g/mol. The summed E-state index contributed by atoms with van der Waals surface area (Å²) in [6, 6.07) is 6.07. The molecule has 2 aromatic rings. The zero-order chi connectivity index (χ0) is 21.9. The third kappa shape index (κ3) is 5.12. The molecule has 0 saturated heterocycles. The van der Waals surface area contributed by atoms with E-state index in [0.717, 1.165) is 23.2 Å². The molecule has 2 heterocycles. The Morgan fingerprint density at radius 2 is 2.10 bits per heavy atom. The monoisotopic (exact) mass is 426 g/mol. The molecule has 0 fully saturated rings. The quantitative estimate of drug-likeness (QED) is 0.555. The highest BCUT2D eigenvalue weighted by Gasteiger charge is 2.30. The number of pyridine rings is 1. The molecule has 13 heteroatoms. The number of nitro benzene ring substituents is 1. The number of nitrogens with one attached hydrogen (secondary N) is 1. The number of carbonyl (C=O) groups excluding carboxylic acids is 2. The van der Waals surface area contributed by atoms with Crippen LogP contribution in [0.15, 0.2) is 36.5 Å². The second-order valence-electron chi connectivity index (χ2n) is 6.01. The van der Waals surface area contributed by atoms with E-state index >= 15 is 0 Å². The Hall–Kier alpha value is -3.90. The van der Waals surface area contributed by atoms with Crippen LogP contribution < -0.4 is 19.7 Å². The van der Waals surface area contributed by atoms with Crippen molar-refractivity contribution in [1.29, 1.82) is 0 Å². The lowest BCUT2D eigenvalue weighted by Gasteiger charge is -2.28. The summed E-state index contributed by atoms with van der Waals surface area (Å²) in [5.74, 6) is -1.31. The Balaban J connectivity index is 1.67. The maximum absolute atomic E-state index is 12.3. The van der Waals surface area contributed by atoms with Crippen LogP contribution >= 0.6 is 0 Å². The van der Waals surface area contributed by atoms with Crippen molar-refractivity contribution in [1.82, 2.24) is 4.98 Å². The Kier molecular flexibility index (Phi) is 5.71. The van der Waals surface area contributed by atoms with Gasteiger partial charge in [0.15, 0.2) is 13.2 Å². The summed E-state index contributed by atoms with van der Waals surface area (Å²) >= 11 is 0. The summed E-state index contributed by atoms with van der Waals surface area (Å²) < 4.78 is 46.1. The number of carbonyl (C=O) groups is 2. The van der Waals surface area contributed by atoms with E-state index in [-0.39, 0.29) is 35.3 Å². The number of hydrogen-bond donors (Lipinski definition) is 1. The number of aromatic nitrogens is 1. The van der Waals surface area contributed by atoms with Crippen LogP contribution in [0, 0.1) is 10.1 Å². The normalized spacial score (nSPS) is 13.3. The van der Waals surface area contributed by atoms with Crippen LogP contribution in [-0.4, -0.2) is 47.7 Å². The Bertz CT molecular complexity index is 980. The molecule has 3 rings (SSSR count). The topological polar surface area (TPSA) is 124 Å². The Morgan fingerprint density at radius 3 is 2.73 bits per heavy atom. The molecule has 1 N–H and O–H groups in total. The number of benzene rings is 1. The molecule has 0 aliphatic carbocycles. The van der Waals surface area contributed by atoms with Crippen LogP contribution in [-0.2, 0) is 9.59 Å². The lowest BCUT2D eigenvalue weighted by atomic mass is 10.2. The molecule has 1 aromatic carbocycles. The first-order valence-electron chi connectivity index (χ1n) is 8.29. The molecular weight excluding hydrogens is 413 g/mol. The van der Waals surface area contributed by atoms with Gasteiger partial charge in [-0.3, -0.25) is 24.6 Å². The standard InChI is InChI=1S/C17H13F3N4O6/c18-17(19,20)9-30-15-4-1-10(6-21-15)22-14(25)7-23-12-5-11(24(27)28)2-3-13(12)29-8-16(23)26/h1-6H,7-9H2,(H,22,25). The number of nitrogens with zero attached hydrogens (tertiary/aromatic N) is 3. The van der Waals surface area contributed by atoms with Crippen molar-refractivity contribution < 1.29 is 37.2 Å². The summed E-state index contributed by atoms with van der Waals surface area (Å²) in [6.07, 6.45) is -3.42. The molecule has 1 aliphatic rings. The van der Waals surface area contributed by atoms with Gasteiger partial charge in [-0.1, -0.05) is 0 Å². The first kappa shape index (κ1) is 20.8. The first-order valence-corrected chi connectivity index (χ1v) is 8.29. The number of ether oxygens (including phenoxy) is 2. The largest absolute Gasteiger partial charge is 0.482 e. The fraction of sp³-hybridized carbons (Fsp3) is 0.235. The number of rotatable bonds is 6. The number of amides is 2. The van der Waals surface area contributed by atoms with Crippen LogP contribution in [0.25, 0.3) is 0 Å². The van der Waals surface area contributed by atoms with Crippen molar-refractivity contribution in [3.05, 3.63) is 46.6 Å². The zero-order valence-electron chi connectivity index (χ0n) is 15.0. The zero-order valence-corrected chi connectivity index (χ0v) is 15.0. The molecule has 0 unspecified atom stereocenters. The minimum Gasteiger partial charge on any atom is -0.482 e. The third-order valence-electron chi connectivity index (χ3n) is 3.80. The summed E-state index contributed by atoms with van der Waals surface area (Å²) in [4.78, 5) is 39.5. The summed E-state index contributed by atoms with van der Waals surface area (Å²) in [7, 11) is 0. The molecule has 0 radical (unpaired) electrons. The average Bonchev–Trinajstić information content (AvgIpc) is 2.68. The fourth-order valence-corrected chi connectivity index (χ4v) is 2.52. The number of non-ortho nitro benzene ring substituents is 1. The molecule has 1 aromatic heterocycles. The molecular formula is C17H13F3N4O6. The van der Waals surface area contributed by atoms with Gasteiger partial charge in [0.05, 0.1) is 22.5 Å². The number of halogens is 3. The molecule has 158 valence electrons. The molecule has 0 bridgehead atoms. The van der Waals surface area contributed by atoms with Crippen LogP contribution in [0.2, 0.25) is 0 Å². The number of anilines is 2. The maximum Gasteiger partial charge on any atom is 0.422 e. The van der Waals surface area contributed by atoms with Gasteiger partial charge in [0.25, 0.3) is 11.6 Å². The SMILES string of the molecule is O=C(CN1C(=O)COc2ccc([N+](=O)[O-])cc21)Nc1ccc(OCC(F)(F)F)nc1. The van der Waals surface area contributed by atoms with E-state index in [1.54, 1.807) is 0 Å². The van der Waals surface area contributed by atoms with Gasteiger partial charge in [-0.25, -0.2) is 4.98 Å². The molecule has 10 nitrogen and oxygen atoms in total. The van der Waals surface area contributed by atoms with E-state index in [9.17, 15) is 32.9 Å². The predicted molar refractivity (Wildman–Crippen MR) is 95.4 cm³/mol.